The normalized spacial score (nSPS) is 29.8. The third kappa shape index (κ3) is 2.81. The first-order valence-corrected chi connectivity index (χ1v) is 4.54. The van der Waals surface area contributed by atoms with Crippen LogP contribution in [0.2, 0.25) is 0 Å². The van der Waals surface area contributed by atoms with Gasteiger partial charge in [0.1, 0.15) is 0 Å². The van der Waals surface area contributed by atoms with E-state index in [1.54, 1.807) is 0 Å². The lowest BCUT2D eigenvalue weighted by Gasteiger charge is -2.25. The van der Waals surface area contributed by atoms with Crippen LogP contribution in [0.25, 0.3) is 0 Å². The Morgan fingerprint density at radius 1 is 1.58 bits per heavy atom. The fourth-order valence-corrected chi connectivity index (χ4v) is 1.84. The molecule has 3 heteroatoms. The Hall–Kier alpha value is -0.570. The molecule has 2 atom stereocenters. The van der Waals surface area contributed by atoms with Crippen LogP contribution in [-0.2, 0) is 9.53 Å². The monoisotopic (exact) mass is 171 g/mol. The molecular weight excluding hydrogens is 154 g/mol. The molecule has 0 spiro atoms. The van der Waals surface area contributed by atoms with Gasteiger partial charge in [0.2, 0.25) is 0 Å². The number of rotatable bonds is 2. The maximum absolute atomic E-state index is 10.9. The highest BCUT2D eigenvalue weighted by molar-refractivity contribution is 5.69. The molecule has 0 bridgehead atoms. The number of hydrogen-bond donors (Lipinski definition) is 1. The fraction of sp³-hybridized carbons (Fsp3) is 0.889. The summed E-state index contributed by atoms with van der Waals surface area (Å²) in [5.74, 6) is 0.357. The Morgan fingerprint density at radius 2 is 2.33 bits per heavy atom. The van der Waals surface area contributed by atoms with Crippen molar-refractivity contribution in [1.29, 1.82) is 0 Å². The Kier molecular flexibility index (Phi) is 3.53. The summed E-state index contributed by atoms with van der Waals surface area (Å²) in [5, 5.41) is 0. The molecule has 3 nitrogen and oxygen atoms in total. The average Bonchev–Trinajstić information content (AvgIpc) is 2.04. The van der Waals surface area contributed by atoms with Gasteiger partial charge in [-0.3, -0.25) is 4.79 Å². The first-order chi connectivity index (χ1) is 5.72. The fourth-order valence-electron chi connectivity index (χ4n) is 1.84. The summed E-state index contributed by atoms with van der Waals surface area (Å²) in [4.78, 5) is 10.9. The number of carbonyl (C=O) groups excluding carboxylic acids is 1. The van der Waals surface area contributed by atoms with E-state index in [9.17, 15) is 4.79 Å². The van der Waals surface area contributed by atoms with Crippen molar-refractivity contribution in [3.63, 3.8) is 0 Å². The van der Waals surface area contributed by atoms with Gasteiger partial charge in [0.25, 0.3) is 0 Å². The van der Waals surface area contributed by atoms with Crippen LogP contribution in [-0.4, -0.2) is 19.1 Å². The second-order valence-electron chi connectivity index (χ2n) is 3.57. The lowest BCUT2D eigenvalue weighted by molar-refractivity contribution is -0.142. The number of carbonyl (C=O) groups is 1. The standard InChI is InChI=1S/C9H17NO2/c1-12-9(11)6-7-3-2-4-8(10)5-7/h7-8H,2-6,10H2,1H3/t7-,8+/m0/s1. The van der Waals surface area contributed by atoms with Gasteiger partial charge in [0.15, 0.2) is 0 Å². The SMILES string of the molecule is COC(=O)C[C@H]1CCC[C@@H](N)C1. The molecule has 0 heterocycles. The molecule has 70 valence electrons. The Balaban J connectivity index is 2.27. The van der Waals surface area contributed by atoms with Crippen molar-refractivity contribution in [2.24, 2.45) is 11.7 Å². The average molecular weight is 171 g/mol. The number of methoxy groups -OCH3 is 1. The largest absolute Gasteiger partial charge is 0.469 e. The van der Waals surface area contributed by atoms with Crippen molar-refractivity contribution in [3.05, 3.63) is 0 Å². The molecule has 2 N–H and O–H groups in total. The summed E-state index contributed by atoms with van der Waals surface area (Å²) in [7, 11) is 1.44. The zero-order valence-corrected chi connectivity index (χ0v) is 7.58. The molecule has 12 heavy (non-hydrogen) atoms. The molecule has 0 aromatic rings. The number of ether oxygens (including phenoxy) is 1. The second-order valence-corrected chi connectivity index (χ2v) is 3.57. The predicted molar refractivity (Wildman–Crippen MR) is 46.6 cm³/mol. The molecule has 1 aliphatic rings. The predicted octanol–water partition coefficient (Wildman–Crippen LogP) is 1.07. The second kappa shape index (κ2) is 4.45. The van der Waals surface area contributed by atoms with Gasteiger partial charge >= 0.3 is 5.97 Å². The Bertz CT molecular complexity index is 159. The van der Waals surface area contributed by atoms with Crippen molar-refractivity contribution < 1.29 is 9.53 Å². The minimum Gasteiger partial charge on any atom is -0.469 e. The molecule has 1 aliphatic carbocycles. The van der Waals surface area contributed by atoms with Gasteiger partial charge < -0.3 is 10.5 Å². The van der Waals surface area contributed by atoms with E-state index < -0.39 is 0 Å². The van der Waals surface area contributed by atoms with Crippen molar-refractivity contribution in [2.45, 2.75) is 38.1 Å². The zero-order chi connectivity index (χ0) is 8.97. The lowest BCUT2D eigenvalue weighted by Crippen LogP contribution is -2.29. The van der Waals surface area contributed by atoms with Crippen LogP contribution in [0.5, 0.6) is 0 Å². The van der Waals surface area contributed by atoms with Gasteiger partial charge in [-0.15, -0.1) is 0 Å². The van der Waals surface area contributed by atoms with Gasteiger partial charge in [-0.2, -0.15) is 0 Å². The first-order valence-electron chi connectivity index (χ1n) is 4.54. The molecule has 1 fully saturated rings. The van der Waals surface area contributed by atoms with E-state index in [1.807, 2.05) is 0 Å². The number of esters is 1. The number of hydrogen-bond acceptors (Lipinski definition) is 3. The quantitative estimate of drug-likeness (QED) is 0.632. The summed E-state index contributed by atoms with van der Waals surface area (Å²) in [5.41, 5.74) is 5.79. The molecule has 0 radical (unpaired) electrons. The van der Waals surface area contributed by atoms with Crippen molar-refractivity contribution >= 4 is 5.97 Å². The molecule has 1 rings (SSSR count). The van der Waals surface area contributed by atoms with E-state index in [1.165, 1.54) is 7.11 Å². The molecule has 1 saturated carbocycles. The molecule has 0 aromatic carbocycles. The van der Waals surface area contributed by atoms with Crippen LogP contribution in [0.4, 0.5) is 0 Å². The van der Waals surface area contributed by atoms with Gasteiger partial charge in [0.05, 0.1) is 7.11 Å². The summed E-state index contributed by atoms with van der Waals surface area (Å²) in [6, 6.07) is 0.299. The van der Waals surface area contributed by atoms with Crippen LogP contribution in [0.1, 0.15) is 32.1 Å². The topological polar surface area (TPSA) is 52.3 Å². The van der Waals surface area contributed by atoms with E-state index in [4.69, 9.17) is 5.73 Å². The first kappa shape index (κ1) is 9.52. The third-order valence-electron chi connectivity index (χ3n) is 2.51. The Labute approximate surface area is 73.3 Å². The summed E-state index contributed by atoms with van der Waals surface area (Å²) in [6.07, 6.45) is 4.92. The van der Waals surface area contributed by atoms with Gasteiger partial charge in [-0.05, 0) is 25.2 Å². The van der Waals surface area contributed by atoms with Crippen molar-refractivity contribution in [2.75, 3.05) is 7.11 Å². The van der Waals surface area contributed by atoms with Crippen molar-refractivity contribution in [1.82, 2.24) is 0 Å². The Morgan fingerprint density at radius 3 is 2.92 bits per heavy atom. The van der Waals surface area contributed by atoms with E-state index in [2.05, 4.69) is 4.74 Å². The highest BCUT2D eigenvalue weighted by Gasteiger charge is 2.21. The summed E-state index contributed by atoms with van der Waals surface area (Å²) >= 11 is 0. The molecule has 0 unspecified atom stereocenters. The van der Waals surface area contributed by atoms with E-state index in [-0.39, 0.29) is 5.97 Å². The van der Waals surface area contributed by atoms with Crippen molar-refractivity contribution in [3.8, 4) is 0 Å². The minimum absolute atomic E-state index is 0.103. The van der Waals surface area contributed by atoms with E-state index >= 15 is 0 Å². The van der Waals surface area contributed by atoms with Gasteiger partial charge in [-0.1, -0.05) is 6.42 Å². The van der Waals surface area contributed by atoms with Gasteiger partial charge in [0, 0.05) is 12.5 Å². The molecule has 0 amide bonds. The molecule has 0 saturated heterocycles. The van der Waals surface area contributed by atoms with Gasteiger partial charge in [-0.25, -0.2) is 0 Å². The van der Waals surface area contributed by atoms with E-state index in [0.29, 0.717) is 18.4 Å². The maximum Gasteiger partial charge on any atom is 0.305 e. The highest BCUT2D eigenvalue weighted by Crippen LogP contribution is 2.25. The smallest absolute Gasteiger partial charge is 0.305 e. The number of nitrogens with two attached hydrogens (primary N) is 1. The lowest BCUT2D eigenvalue weighted by atomic mass is 9.84. The van der Waals surface area contributed by atoms with Crippen LogP contribution in [0.3, 0.4) is 0 Å². The molecule has 0 aromatic heterocycles. The summed E-state index contributed by atoms with van der Waals surface area (Å²) < 4.78 is 4.61. The summed E-state index contributed by atoms with van der Waals surface area (Å²) in [6.45, 7) is 0. The minimum atomic E-state index is -0.103. The van der Waals surface area contributed by atoms with Crippen LogP contribution in [0, 0.1) is 5.92 Å². The maximum atomic E-state index is 10.9. The van der Waals surface area contributed by atoms with Crippen LogP contribution in [0.15, 0.2) is 0 Å². The zero-order valence-electron chi connectivity index (χ0n) is 7.58. The third-order valence-corrected chi connectivity index (χ3v) is 2.51. The van der Waals surface area contributed by atoms with Crippen LogP contribution >= 0.6 is 0 Å². The molecular formula is C9H17NO2. The van der Waals surface area contributed by atoms with E-state index in [0.717, 1.165) is 25.7 Å². The highest BCUT2D eigenvalue weighted by atomic mass is 16.5. The van der Waals surface area contributed by atoms with Crippen LogP contribution < -0.4 is 5.73 Å². The molecule has 0 aliphatic heterocycles.